The van der Waals surface area contributed by atoms with Crippen LogP contribution in [0.1, 0.15) is 46.9 Å². The molecule has 0 aromatic heterocycles. The lowest BCUT2D eigenvalue weighted by Crippen LogP contribution is -2.32. The van der Waals surface area contributed by atoms with Crippen molar-refractivity contribution in [3.63, 3.8) is 0 Å². The van der Waals surface area contributed by atoms with Gasteiger partial charge in [0.05, 0.1) is 23.1 Å². The first-order valence-electron chi connectivity index (χ1n) is 10.2. The molecule has 152 valence electrons. The Kier molecular flexibility index (Phi) is 4.31. The maximum absolute atomic E-state index is 12.9. The van der Waals surface area contributed by atoms with E-state index in [0.29, 0.717) is 34.4 Å². The Bertz CT molecular complexity index is 1030. The molecule has 2 saturated carbocycles. The molecule has 2 aromatic rings. The number of esters is 1. The summed E-state index contributed by atoms with van der Waals surface area (Å²) in [6, 6.07) is 12.7. The van der Waals surface area contributed by atoms with Gasteiger partial charge in [-0.05, 0) is 86.6 Å². The number of fused-ring (bicyclic) bond motifs is 5. The lowest BCUT2D eigenvalue weighted by atomic mass is 9.81. The molecule has 1 aliphatic heterocycles. The van der Waals surface area contributed by atoms with E-state index < -0.39 is 5.97 Å². The summed E-state index contributed by atoms with van der Waals surface area (Å²) in [4.78, 5) is 50.9. The van der Waals surface area contributed by atoms with Gasteiger partial charge in [-0.2, -0.15) is 0 Å². The zero-order valence-electron chi connectivity index (χ0n) is 16.5. The van der Waals surface area contributed by atoms with Crippen molar-refractivity contribution in [1.82, 2.24) is 0 Å². The van der Waals surface area contributed by atoms with Crippen LogP contribution >= 0.6 is 0 Å². The van der Waals surface area contributed by atoms with Gasteiger partial charge in [0.15, 0.2) is 5.78 Å². The first-order valence-corrected chi connectivity index (χ1v) is 10.2. The van der Waals surface area contributed by atoms with Crippen molar-refractivity contribution in [2.24, 2.45) is 23.7 Å². The Labute approximate surface area is 173 Å². The summed E-state index contributed by atoms with van der Waals surface area (Å²) in [5.74, 6) is -0.135. The van der Waals surface area contributed by atoms with Crippen molar-refractivity contribution < 1.29 is 23.9 Å². The lowest BCUT2D eigenvalue weighted by Gasteiger charge is -2.19. The Morgan fingerprint density at radius 3 is 1.90 bits per heavy atom. The number of benzene rings is 2. The number of hydrogen-bond donors (Lipinski definition) is 0. The minimum Gasteiger partial charge on any atom is -0.423 e. The van der Waals surface area contributed by atoms with E-state index in [-0.39, 0.29) is 29.4 Å². The van der Waals surface area contributed by atoms with Gasteiger partial charge in [-0.25, -0.2) is 4.79 Å². The number of ether oxygens (including phenoxy) is 1. The number of hydrogen-bond acceptors (Lipinski definition) is 5. The third kappa shape index (κ3) is 2.86. The number of anilines is 1. The van der Waals surface area contributed by atoms with Crippen LogP contribution in [-0.2, 0) is 9.59 Å². The molecule has 2 aliphatic carbocycles. The van der Waals surface area contributed by atoms with Crippen LogP contribution in [0.25, 0.3) is 0 Å². The molecular weight excluding hydrogens is 382 g/mol. The summed E-state index contributed by atoms with van der Waals surface area (Å²) < 4.78 is 5.34. The number of ketones is 1. The Hall–Kier alpha value is -3.28. The number of carbonyl (C=O) groups is 4. The van der Waals surface area contributed by atoms with Gasteiger partial charge in [-0.3, -0.25) is 19.3 Å². The zero-order chi connectivity index (χ0) is 21.0. The van der Waals surface area contributed by atoms with Crippen molar-refractivity contribution in [3.8, 4) is 5.75 Å². The molecular formula is C24H21NO5. The summed E-state index contributed by atoms with van der Waals surface area (Å²) in [5.41, 5.74) is 1.35. The second-order valence-electron chi connectivity index (χ2n) is 8.41. The first kappa shape index (κ1) is 18.7. The average molecular weight is 403 g/mol. The van der Waals surface area contributed by atoms with E-state index in [1.165, 1.54) is 11.8 Å². The van der Waals surface area contributed by atoms with E-state index >= 15 is 0 Å². The summed E-state index contributed by atoms with van der Waals surface area (Å²) in [6.07, 6.45) is 3.08. The van der Waals surface area contributed by atoms with Crippen molar-refractivity contribution in [1.29, 1.82) is 0 Å². The van der Waals surface area contributed by atoms with Gasteiger partial charge in [-0.1, -0.05) is 0 Å². The van der Waals surface area contributed by atoms with Gasteiger partial charge in [0.1, 0.15) is 5.75 Å². The van der Waals surface area contributed by atoms with E-state index in [9.17, 15) is 19.2 Å². The molecule has 2 bridgehead atoms. The smallest absolute Gasteiger partial charge is 0.343 e. The number of amides is 2. The third-order valence-electron chi connectivity index (χ3n) is 6.76. The van der Waals surface area contributed by atoms with Crippen LogP contribution in [0.5, 0.6) is 5.75 Å². The van der Waals surface area contributed by atoms with Gasteiger partial charge >= 0.3 is 5.97 Å². The molecule has 5 rings (SSSR count). The van der Waals surface area contributed by atoms with Crippen molar-refractivity contribution >= 4 is 29.3 Å². The standard InChI is InChI=1S/C24H21NO5/c1-13(26)14-6-10-19(11-7-14)30-24(29)15-4-8-18(9-5-15)25-22(27)20-16-2-3-17(12-16)21(20)23(25)28/h4-11,16-17,20-21H,2-3,12H2,1H3/t16-,17+,20-,21-/m0/s1. The summed E-state index contributed by atoms with van der Waals surface area (Å²) >= 11 is 0. The number of rotatable bonds is 4. The maximum atomic E-state index is 12.9. The monoisotopic (exact) mass is 403 g/mol. The Morgan fingerprint density at radius 1 is 0.833 bits per heavy atom. The molecule has 6 heteroatoms. The van der Waals surface area contributed by atoms with E-state index in [1.54, 1.807) is 48.5 Å². The van der Waals surface area contributed by atoms with Gasteiger partial charge in [0.25, 0.3) is 0 Å². The summed E-state index contributed by atoms with van der Waals surface area (Å²) in [7, 11) is 0. The van der Waals surface area contributed by atoms with Gasteiger partial charge in [0.2, 0.25) is 11.8 Å². The van der Waals surface area contributed by atoms with Crippen LogP contribution in [0.3, 0.4) is 0 Å². The van der Waals surface area contributed by atoms with Gasteiger partial charge in [-0.15, -0.1) is 0 Å². The molecule has 1 saturated heterocycles. The van der Waals surface area contributed by atoms with E-state index in [4.69, 9.17) is 4.74 Å². The minimum absolute atomic E-state index is 0.0633. The first-order chi connectivity index (χ1) is 14.4. The molecule has 0 unspecified atom stereocenters. The predicted octanol–water partition coefficient (Wildman–Crippen LogP) is 3.64. The highest BCUT2D eigenvalue weighted by Gasteiger charge is 2.61. The fourth-order valence-corrected chi connectivity index (χ4v) is 5.33. The highest BCUT2D eigenvalue weighted by atomic mass is 16.5. The molecule has 3 fully saturated rings. The van der Waals surface area contributed by atoms with Crippen molar-refractivity contribution in [2.45, 2.75) is 26.2 Å². The molecule has 4 atom stereocenters. The maximum Gasteiger partial charge on any atom is 0.343 e. The van der Waals surface area contributed by atoms with Gasteiger partial charge in [0, 0.05) is 5.56 Å². The number of imide groups is 1. The van der Waals surface area contributed by atoms with Crippen molar-refractivity contribution in [2.75, 3.05) is 4.90 Å². The average Bonchev–Trinajstić information content (AvgIpc) is 3.42. The summed E-state index contributed by atoms with van der Waals surface area (Å²) in [5, 5.41) is 0. The highest BCUT2D eigenvalue weighted by Crippen LogP contribution is 2.56. The molecule has 0 radical (unpaired) electrons. The van der Waals surface area contributed by atoms with Crippen LogP contribution in [0.15, 0.2) is 48.5 Å². The van der Waals surface area contributed by atoms with E-state index in [2.05, 4.69) is 0 Å². The van der Waals surface area contributed by atoms with E-state index in [0.717, 1.165) is 19.3 Å². The van der Waals surface area contributed by atoms with E-state index in [1.807, 2.05) is 0 Å². The molecule has 2 aromatic carbocycles. The normalized spacial score (nSPS) is 26.8. The second kappa shape index (κ2) is 6.90. The van der Waals surface area contributed by atoms with Crippen molar-refractivity contribution in [3.05, 3.63) is 59.7 Å². The number of carbonyl (C=O) groups excluding carboxylic acids is 4. The van der Waals surface area contributed by atoms with Crippen LogP contribution in [0.4, 0.5) is 5.69 Å². The SMILES string of the molecule is CC(=O)c1ccc(OC(=O)c2ccc(N3C(=O)[C@H]4[C@@H]5CC[C@@H](C5)[C@@H]4C3=O)cc2)cc1. The molecule has 2 amide bonds. The largest absolute Gasteiger partial charge is 0.423 e. The third-order valence-corrected chi connectivity index (χ3v) is 6.76. The van der Waals surface area contributed by atoms with Crippen LogP contribution in [0, 0.1) is 23.7 Å². The van der Waals surface area contributed by atoms with Crippen LogP contribution < -0.4 is 9.64 Å². The molecule has 3 aliphatic rings. The fraction of sp³-hybridized carbons (Fsp3) is 0.333. The Morgan fingerprint density at radius 2 is 1.37 bits per heavy atom. The second-order valence-corrected chi connectivity index (χ2v) is 8.41. The number of nitrogens with zero attached hydrogens (tertiary/aromatic N) is 1. The zero-order valence-corrected chi connectivity index (χ0v) is 16.5. The fourth-order valence-electron chi connectivity index (χ4n) is 5.33. The minimum atomic E-state index is -0.550. The summed E-state index contributed by atoms with van der Waals surface area (Å²) in [6.45, 7) is 1.47. The Balaban J connectivity index is 1.31. The topological polar surface area (TPSA) is 80.8 Å². The molecule has 6 nitrogen and oxygen atoms in total. The van der Waals surface area contributed by atoms with Crippen LogP contribution in [-0.4, -0.2) is 23.6 Å². The molecule has 0 spiro atoms. The molecule has 0 N–H and O–H groups in total. The molecule has 30 heavy (non-hydrogen) atoms. The predicted molar refractivity (Wildman–Crippen MR) is 108 cm³/mol. The highest BCUT2D eigenvalue weighted by molar-refractivity contribution is 6.22. The number of Topliss-reactive ketones (excluding diaryl/α,β-unsaturated/α-hetero) is 1. The van der Waals surface area contributed by atoms with Gasteiger partial charge < -0.3 is 4.74 Å². The quantitative estimate of drug-likeness (QED) is 0.337. The van der Waals surface area contributed by atoms with Crippen LogP contribution in [0.2, 0.25) is 0 Å². The molecule has 1 heterocycles. The lowest BCUT2D eigenvalue weighted by molar-refractivity contribution is -0.123.